The summed E-state index contributed by atoms with van der Waals surface area (Å²) in [6.45, 7) is 6.27. The van der Waals surface area contributed by atoms with Crippen molar-refractivity contribution in [3.63, 3.8) is 0 Å². The van der Waals surface area contributed by atoms with Gasteiger partial charge in [-0.25, -0.2) is 0 Å². The van der Waals surface area contributed by atoms with E-state index in [9.17, 15) is 9.59 Å². The Hall–Kier alpha value is -2.18. The lowest BCUT2D eigenvalue weighted by Gasteiger charge is -2.31. The molecule has 174 valence electrons. The third-order valence-corrected chi connectivity index (χ3v) is 6.65. The van der Waals surface area contributed by atoms with Crippen molar-refractivity contribution in [3.05, 3.63) is 64.7 Å². The minimum absolute atomic E-state index is 0.0555. The second-order valence-electron chi connectivity index (χ2n) is 7.70. The van der Waals surface area contributed by atoms with Crippen LogP contribution in [0.4, 0.5) is 0 Å². The molecule has 0 bridgehead atoms. The first kappa shape index (κ1) is 26.1. The normalized spacial score (nSPS) is 12.7. The van der Waals surface area contributed by atoms with Crippen LogP contribution in [0.3, 0.4) is 0 Å². The molecule has 0 fully saturated rings. The summed E-state index contributed by atoms with van der Waals surface area (Å²) >= 11 is 7.74. The van der Waals surface area contributed by atoms with E-state index in [1.165, 1.54) is 11.8 Å². The number of hydrogen-bond donors (Lipinski definition) is 1. The molecule has 2 unspecified atom stereocenters. The number of hydrogen-bond acceptors (Lipinski definition) is 4. The molecule has 0 aliphatic heterocycles. The van der Waals surface area contributed by atoms with Gasteiger partial charge in [-0.05, 0) is 49.1 Å². The fraction of sp³-hybridized carbons (Fsp3) is 0.440. The van der Waals surface area contributed by atoms with Crippen molar-refractivity contribution in [2.75, 3.05) is 12.9 Å². The van der Waals surface area contributed by atoms with Gasteiger partial charge in [0.15, 0.2) is 0 Å². The van der Waals surface area contributed by atoms with Crippen molar-refractivity contribution in [1.82, 2.24) is 10.2 Å². The second-order valence-corrected chi connectivity index (χ2v) is 9.09. The maximum absolute atomic E-state index is 13.3. The molecule has 0 saturated carbocycles. The summed E-state index contributed by atoms with van der Waals surface area (Å²) in [5, 5.41) is 3.73. The highest BCUT2D eigenvalue weighted by atomic mass is 35.5. The van der Waals surface area contributed by atoms with E-state index in [4.69, 9.17) is 16.3 Å². The van der Waals surface area contributed by atoms with Gasteiger partial charge < -0.3 is 15.0 Å². The maximum Gasteiger partial charge on any atom is 0.243 e. The molecule has 2 atom stereocenters. The zero-order chi connectivity index (χ0) is 23.5. The molecule has 0 spiro atoms. The zero-order valence-corrected chi connectivity index (χ0v) is 20.8. The minimum atomic E-state index is -0.538. The van der Waals surface area contributed by atoms with Gasteiger partial charge in [0.2, 0.25) is 11.8 Å². The van der Waals surface area contributed by atoms with E-state index in [0.717, 1.165) is 23.3 Å². The number of methoxy groups -OCH3 is 1. The molecule has 0 heterocycles. The number of halogens is 1. The van der Waals surface area contributed by atoms with E-state index in [1.54, 1.807) is 12.0 Å². The molecule has 0 aromatic heterocycles. The van der Waals surface area contributed by atoms with Crippen LogP contribution in [-0.4, -0.2) is 41.7 Å². The highest BCUT2D eigenvalue weighted by Gasteiger charge is 2.29. The van der Waals surface area contributed by atoms with Crippen molar-refractivity contribution in [3.8, 4) is 5.75 Å². The van der Waals surface area contributed by atoms with Crippen LogP contribution in [0, 0.1) is 0 Å². The summed E-state index contributed by atoms with van der Waals surface area (Å²) < 4.78 is 5.32. The topological polar surface area (TPSA) is 58.6 Å². The van der Waals surface area contributed by atoms with Crippen LogP contribution in [-0.2, 0) is 21.9 Å². The molecule has 2 aromatic carbocycles. The SMILES string of the molecule is CCC(C)NC(=O)C(CC)N(Cc1cccc(OC)c1)C(=O)CSCc1ccccc1Cl. The molecule has 2 rings (SSSR count). The number of amides is 2. The Morgan fingerprint density at radius 3 is 2.53 bits per heavy atom. The Labute approximate surface area is 200 Å². The Morgan fingerprint density at radius 1 is 1.12 bits per heavy atom. The molecule has 7 heteroatoms. The average molecular weight is 477 g/mol. The van der Waals surface area contributed by atoms with Crippen molar-refractivity contribution in [1.29, 1.82) is 0 Å². The molecule has 1 N–H and O–H groups in total. The number of nitrogens with one attached hydrogen (secondary N) is 1. The predicted octanol–water partition coefficient (Wildman–Crippen LogP) is 5.30. The van der Waals surface area contributed by atoms with E-state index >= 15 is 0 Å². The van der Waals surface area contributed by atoms with Gasteiger partial charge in [0.1, 0.15) is 11.8 Å². The standard InChI is InChI=1S/C25H33ClN2O3S/c1-5-18(3)27-25(30)23(6-2)28(15-19-10-9-12-21(14-19)31-4)24(29)17-32-16-20-11-7-8-13-22(20)26/h7-14,18,23H,5-6,15-17H2,1-4H3,(H,27,30). The van der Waals surface area contributed by atoms with Crippen LogP contribution in [0.25, 0.3) is 0 Å². The van der Waals surface area contributed by atoms with Crippen LogP contribution >= 0.6 is 23.4 Å². The fourth-order valence-corrected chi connectivity index (χ4v) is 4.47. The van der Waals surface area contributed by atoms with Gasteiger partial charge >= 0.3 is 0 Å². The second kappa shape index (κ2) is 13.4. The lowest BCUT2D eigenvalue weighted by molar-refractivity contribution is -0.139. The molecule has 0 aliphatic rings. The van der Waals surface area contributed by atoms with E-state index in [2.05, 4.69) is 5.32 Å². The lowest BCUT2D eigenvalue weighted by Crippen LogP contribution is -2.51. The highest BCUT2D eigenvalue weighted by Crippen LogP contribution is 2.23. The first-order chi connectivity index (χ1) is 15.4. The molecule has 0 radical (unpaired) electrons. The van der Waals surface area contributed by atoms with Gasteiger partial charge in [0, 0.05) is 23.4 Å². The van der Waals surface area contributed by atoms with Crippen LogP contribution < -0.4 is 10.1 Å². The Morgan fingerprint density at radius 2 is 1.88 bits per heavy atom. The number of rotatable bonds is 12. The molecule has 2 amide bonds. The number of benzene rings is 2. The van der Waals surface area contributed by atoms with E-state index in [1.807, 2.05) is 69.3 Å². The molecular formula is C25H33ClN2O3S. The van der Waals surface area contributed by atoms with Crippen LogP contribution in [0.5, 0.6) is 5.75 Å². The van der Waals surface area contributed by atoms with Gasteiger partial charge in [-0.1, -0.05) is 55.8 Å². The van der Waals surface area contributed by atoms with Crippen LogP contribution in [0.1, 0.15) is 44.7 Å². The van der Waals surface area contributed by atoms with Crippen molar-refractivity contribution < 1.29 is 14.3 Å². The number of nitrogens with zero attached hydrogens (tertiary/aromatic N) is 1. The molecular weight excluding hydrogens is 444 g/mol. The summed E-state index contributed by atoms with van der Waals surface area (Å²) in [4.78, 5) is 28.0. The monoisotopic (exact) mass is 476 g/mol. The van der Waals surface area contributed by atoms with E-state index in [-0.39, 0.29) is 23.6 Å². The third-order valence-electron chi connectivity index (χ3n) is 5.31. The Bertz CT molecular complexity index is 893. The molecule has 2 aromatic rings. The van der Waals surface area contributed by atoms with Gasteiger partial charge in [-0.2, -0.15) is 0 Å². The van der Waals surface area contributed by atoms with Gasteiger partial charge in [-0.15, -0.1) is 11.8 Å². The van der Waals surface area contributed by atoms with Crippen molar-refractivity contribution in [2.24, 2.45) is 0 Å². The third kappa shape index (κ3) is 7.75. The smallest absolute Gasteiger partial charge is 0.243 e. The predicted molar refractivity (Wildman–Crippen MR) is 133 cm³/mol. The number of ether oxygens (including phenoxy) is 1. The van der Waals surface area contributed by atoms with Crippen LogP contribution in [0.15, 0.2) is 48.5 Å². The molecule has 32 heavy (non-hydrogen) atoms. The maximum atomic E-state index is 13.3. The van der Waals surface area contributed by atoms with Gasteiger partial charge in [0.05, 0.1) is 12.9 Å². The highest BCUT2D eigenvalue weighted by molar-refractivity contribution is 7.99. The number of carbonyl (C=O) groups excluding carboxylic acids is 2. The largest absolute Gasteiger partial charge is 0.497 e. The zero-order valence-electron chi connectivity index (χ0n) is 19.3. The first-order valence-electron chi connectivity index (χ1n) is 10.9. The Kier molecular flexibility index (Phi) is 10.9. The summed E-state index contributed by atoms with van der Waals surface area (Å²) in [6.07, 6.45) is 1.37. The average Bonchev–Trinajstić information content (AvgIpc) is 2.80. The van der Waals surface area contributed by atoms with Crippen molar-refractivity contribution in [2.45, 2.75) is 58.0 Å². The molecule has 0 saturated heterocycles. The van der Waals surface area contributed by atoms with Crippen LogP contribution in [0.2, 0.25) is 5.02 Å². The van der Waals surface area contributed by atoms with E-state index in [0.29, 0.717) is 23.7 Å². The number of thioether (sulfide) groups is 1. The Balaban J connectivity index is 2.17. The lowest BCUT2D eigenvalue weighted by atomic mass is 10.1. The van der Waals surface area contributed by atoms with Gasteiger partial charge in [0.25, 0.3) is 0 Å². The first-order valence-corrected chi connectivity index (χ1v) is 12.5. The van der Waals surface area contributed by atoms with Gasteiger partial charge in [-0.3, -0.25) is 9.59 Å². The quantitative estimate of drug-likeness (QED) is 0.451. The molecule has 0 aliphatic carbocycles. The number of carbonyl (C=O) groups is 2. The summed E-state index contributed by atoms with van der Waals surface area (Å²) in [6, 6.07) is 14.7. The van der Waals surface area contributed by atoms with E-state index < -0.39 is 6.04 Å². The fourth-order valence-electron chi connectivity index (χ4n) is 3.27. The summed E-state index contributed by atoms with van der Waals surface area (Å²) in [5.74, 6) is 1.43. The minimum Gasteiger partial charge on any atom is -0.497 e. The van der Waals surface area contributed by atoms with Crippen molar-refractivity contribution >= 4 is 35.2 Å². The summed E-state index contributed by atoms with van der Waals surface area (Å²) in [5.41, 5.74) is 1.91. The molecule has 5 nitrogen and oxygen atoms in total. The summed E-state index contributed by atoms with van der Waals surface area (Å²) in [7, 11) is 1.61.